The summed E-state index contributed by atoms with van der Waals surface area (Å²) in [6.45, 7) is 0. The molecule has 2 rings (SSSR count). The van der Waals surface area contributed by atoms with Crippen LogP contribution in [0.5, 0.6) is 5.75 Å². The number of fused-ring (bicyclic) bond motifs is 1. The lowest BCUT2D eigenvalue weighted by Crippen LogP contribution is -1.95. The summed E-state index contributed by atoms with van der Waals surface area (Å²) >= 11 is 0. The third kappa shape index (κ3) is 1.80. The predicted octanol–water partition coefficient (Wildman–Crippen LogP) is 2.10. The van der Waals surface area contributed by atoms with Crippen molar-refractivity contribution in [1.82, 2.24) is 4.98 Å². The molecule has 0 saturated carbocycles. The zero-order valence-electron chi connectivity index (χ0n) is 7.82. The summed E-state index contributed by atoms with van der Waals surface area (Å²) in [5.41, 5.74) is 0.704. The lowest BCUT2D eigenvalue weighted by atomic mass is 10.2. The molecule has 0 atom stereocenters. The highest BCUT2D eigenvalue weighted by Gasteiger charge is 2.17. The molecule has 1 heterocycles. The molecule has 1 N–H and O–H groups in total. The number of aromatic nitrogens is 1. The van der Waals surface area contributed by atoms with Crippen molar-refractivity contribution in [3.63, 3.8) is 0 Å². The molecule has 0 aliphatic heterocycles. The molecule has 0 bridgehead atoms. The molecule has 2 aromatic rings. The van der Waals surface area contributed by atoms with E-state index < -0.39 is 9.05 Å². The van der Waals surface area contributed by atoms with Gasteiger partial charge in [0.25, 0.3) is 9.05 Å². The molecule has 4 nitrogen and oxygen atoms in total. The summed E-state index contributed by atoms with van der Waals surface area (Å²) in [5.74, 6) is 0.247. The average molecular weight is 246 g/mol. The minimum absolute atomic E-state index is 0.0263. The fourth-order valence-corrected chi connectivity index (χ4v) is 2.41. The first-order valence-corrected chi connectivity index (χ1v) is 6.43. The van der Waals surface area contributed by atoms with E-state index >= 15 is 0 Å². The van der Waals surface area contributed by atoms with E-state index in [1.54, 1.807) is 12.3 Å². The van der Waals surface area contributed by atoms with Gasteiger partial charge in [-0.05, 0) is 18.2 Å². The third-order valence-electron chi connectivity index (χ3n) is 2.10. The molecular weight excluding hydrogens is 238 g/mol. The van der Waals surface area contributed by atoms with Gasteiger partial charge in [0.2, 0.25) is 0 Å². The van der Waals surface area contributed by atoms with E-state index in [1.165, 1.54) is 13.2 Å². The molecule has 15 heavy (non-hydrogen) atoms. The maximum Gasteiger partial charge on any atom is 0.265 e. The Hall–Kier alpha value is -1.20. The largest absolute Gasteiger partial charge is 0.495 e. The van der Waals surface area contributed by atoms with E-state index in [4.69, 9.17) is 15.4 Å². The fourth-order valence-electron chi connectivity index (χ4n) is 1.41. The SMILES string of the molecule is COc1cc2cc[nH]c2cc1S(=O)(=O)Cl. The van der Waals surface area contributed by atoms with Crippen LogP contribution in [0, 0.1) is 0 Å². The van der Waals surface area contributed by atoms with Crippen LogP contribution in [0.25, 0.3) is 10.9 Å². The topological polar surface area (TPSA) is 59.2 Å². The van der Waals surface area contributed by atoms with Crippen LogP contribution in [0.15, 0.2) is 29.3 Å². The molecule has 80 valence electrons. The van der Waals surface area contributed by atoms with Crippen molar-refractivity contribution in [1.29, 1.82) is 0 Å². The van der Waals surface area contributed by atoms with E-state index in [-0.39, 0.29) is 10.6 Å². The zero-order valence-corrected chi connectivity index (χ0v) is 9.39. The highest BCUT2D eigenvalue weighted by molar-refractivity contribution is 8.13. The van der Waals surface area contributed by atoms with Crippen molar-refractivity contribution in [2.24, 2.45) is 0 Å². The predicted molar refractivity (Wildman–Crippen MR) is 57.9 cm³/mol. The quantitative estimate of drug-likeness (QED) is 0.825. The number of rotatable bonds is 2. The van der Waals surface area contributed by atoms with Gasteiger partial charge in [0, 0.05) is 27.8 Å². The van der Waals surface area contributed by atoms with E-state index in [9.17, 15) is 8.42 Å². The Kier molecular flexibility index (Phi) is 2.36. The molecule has 0 amide bonds. The summed E-state index contributed by atoms with van der Waals surface area (Å²) in [6, 6.07) is 4.90. The van der Waals surface area contributed by atoms with Gasteiger partial charge in [-0.2, -0.15) is 0 Å². The second kappa shape index (κ2) is 3.43. The van der Waals surface area contributed by atoms with Crippen LogP contribution >= 0.6 is 10.7 Å². The molecule has 0 aliphatic carbocycles. The minimum atomic E-state index is -3.79. The monoisotopic (exact) mass is 245 g/mol. The number of nitrogens with one attached hydrogen (secondary N) is 1. The highest BCUT2D eigenvalue weighted by atomic mass is 35.7. The van der Waals surface area contributed by atoms with Gasteiger partial charge in [0.05, 0.1) is 7.11 Å². The normalized spacial score (nSPS) is 11.9. The number of hydrogen-bond acceptors (Lipinski definition) is 3. The molecule has 6 heteroatoms. The van der Waals surface area contributed by atoms with E-state index in [0.29, 0.717) is 5.52 Å². The number of benzene rings is 1. The van der Waals surface area contributed by atoms with Crippen molar-refractivity contribution in [2.75, 3.05) is 7.11 Å². The summed E-state index contributed by atoms with van der Waals surface area (Å²) in [5, 5.41) is 0.871. The molecule has 0 aliphatic rings. The van der Waals surface area contributed by atoms with Crippen LogP contribution in [0.1, 0.15) is 0 Å². The highest BCUT2D eigenvalue weighted by Crippen LogP contribution is 2.30. The van der Waals surface area contributed by atoms with Gasteiger partial charge < -0.3 is 9.72 Å². The van der Waals surface area contributed by atoms with Gasteiger partial charge in [-0.3, -0.25) is 0 Å². The van der Waals surface area contributed by atoms with Gasteiger partial charge in [-0.25, -0.2) is 8.42 Å². The van der Waals surface area contributed by atoms with Crippen LogP contribution in [0.3, 0.4) is 0 Å². The molecule has 0 radical (unpaired) electrons. The van der Waals surface area contributed by atoms with Crippen molar-refractivity contribution in [2.45, 2.75) is 4.90 Å². The van der Waals surface area contributed by atoms with Crippen LogP contribution in [0.4, 0.5) is 0 Å². The molecule has 1 aromatic carbocycles. The van der Waals surface area contributed by atoms with Gasteiger partial charge in [-0.1, -0.05) is 0 Å². The number of ether oxygens (including phenoxy) is 1. The maximum absolute atomic E-state index is 11.2. The lowest BCUT2D eigenvalue weighted by molar-refractivity contribution is 0.404. The van der Waals surface area contributed by atoms with Gasteiger partial charge in [-0.15, -0.1) is 0 Å². The Labute approximate surface area is 91.2 Å². The van der Waals surface area contributed by atoms with Crippen LogP contribution in [-0.2, 0) is 9.05 Å². The summed E-state index contributed by atoms with van der Waals surface area (Å²) in [4.78, 5) is 2.88. The van der Waals surface area contributed by atoms with Crippen molar-refractivity contribution >= 4 is 30.6 Å². The van der Waals surface area contributed by atoms with Crippen molar-refractivity contribution in [3.8, 4) is 5.75 Å². The van der Waals surface area contributed by atoms with Crippen LogP contribution in [-0.4, -0.2) is 20.5 Å². The first kappa shape index (κ1) is 10.3. The Bertz CT molecular complexity index is 603. The van der Waals surface area contributed by atoms with E-state index in [0.717, 1.165) is 5.39 Å². The molecule has 0 spiro atoms. The summed E-state index contributed by atoms with van der Waals surface area (Å²) < 4.78 is 27.5. The first-order chi connectivity index (χ1) is 7.02. The van der Waals surface area contributed by atoms with Crippen molar-refractivity contribution < 1.29 is 13.2 Å². The van der Waals surface area contributed by atoms with Gasteiger partial charge >= 0.3 is 0 Å². The van der Waals surface area contributed by atoms with Crippen molar-refractivity contribution in [3.05, 3.63) is 24.4 Å². The van der Waals surface area contributed by atoms with Crippen LogP contribution in [0.2, 0.25) is 0 Å². The molecule has 0 fully saturated rings. The third-order valence-corrected chi connectivity index (χ3v) is 3.44. The smallest absolute Gasteiger partial charge is 0.265 e. The Morgan fingerprint density at radius 2 is 2.13 bits per heavy atom. The number of H-pyrrole nitrogens is 1. The standard InChI is InChI=1S/C9H8ClNO3S/c1-14-8-4-6-2-3-11-7(6)5-9(8)15(10,12)13/h2-5,11H,1H3. The first-order valence-electron chi connectivity index (χ1n) is 4.12. The summed E-state index contributed by atoms with van der Waals surface area (Å²) in [7, 11) is 2.90. The lowest BCUT2D eigenvalue weighted by Gasteiger charge is -2.05. The number of hydrogen-bond donors (Lipinski definition) is 1. The Morgan fingerprint density at radius 3 is 2.73 bits per heavy atom. The van der Waals surface area contributed by atoms with Gasteiger partial charge in [0.1, 0.15) is 10.6 Å². The van der Waals surface area contributed by atoms with E-state index in [2.05, 4.69) is 4.98 Å². The average Bonchev–Trinajstić information content (AvgIpc) is 2.60. The second-order valence-corrected chi connectivity index (χ2v) is 5.54. The van der Waals surface area contributed by atoms with E-state index in [1.807, 2.05) is 6.07 Å². The van der Waals surface area contributed by atoms with Gasteiger partial charge in [0.15, 0.2) is 0 Å². The second-order valence-electron chi connectivity index (χ2n) is 3.01. The Balaban J connectivity index is 2.81. The zero-order chi connectivity index (χ0) is 11.1. The Morgan fingerprint density at radius 1 is 1.40 bits per heavy atom. The molecule has 0 saturated heterocycles. The van der Waals surface area contributed by atoms with Crippen LogP contribution < -0.4 is 4.74 Å². The fraction of sp³-hybridized carbons (Fsp3) is 0.111. The number of methoxy groups -OCH3 is 1. The molecular formula is C9H8ClNO3S. The number of aromatic amines is 1. The molecule has 0 unspecified atom stereocenters. The molecule has 1 aromatic heterocycles. The minimum Gasteiger partial charge on any atom is -0.495 e. The number of halogens is 1. The summed E-state index contributed by atoms with van der Waals surface area (Å²) in [6.07, 6.45) is 1.72. The maximum atomic E-state index is 11.2.